The molecule has 17 heavy (non-hydrogen) atoms. The zero-order valence-corrected chi connectivity index (χ0v) is 9.62. The highest BCUT2D eigenvalue weighted by Gasteiger charge is 2.42. The molecule has 3 heteroatoms. The summed E-state index contributed by atoms with van der Waals surface area (Å²) in [4.78, 5) is 5.99. The van der Waals surface area contributed by atoms with E-state index in [0.717, 1.165) is 24.3 Å². The Kier molecular flexibility index (Phi) is 2.71. The van der Waals surface area contributed by atoms with E-state index in [-0.39, 0.29) is 0 Å². The first-order valence-electron chi connectivity index (χ1n) is 5.91. The Balaban J connectivity index is 2.11. The molecule has 1 heterocycles. The van der Waals surface area contributed by atoms with E-state index in [1.807, 2.05) is 36.4 Å². The van der Waals surface area contributed by atoms with E-state index >= 15 is 0 Å². The average molecular weight is 223 g/mol. The highest BCUT2D eigenvalue weighted by Crippen LogP contribution is 2.37. The van der Waals surface area contributed by atoms with Crippen LogP contribution in [-0.2, 0) is 4.84 Å². The number of nitrogens with zero attached hydrogens (tertiary/aromatic N) is 1. The fourth-order valence-corrected chi connectivity index (χ4v) is 2.29. The molecule has 1 saturated heterocycles. The lowest BCUT2D eigenvalue weighted by Crippen LogP contribution is -2.41. The zero-order chi connectivity index (χ0) is 11.6. The number of quaternary nitrogens is 1. The maximum atomic E-state index is 5.99. The predicted octanol–water partition coefficient (Wildman–Crippen LogP) is 3.31. The number of hydrogen-bond donors (Lipinski definition) is 0. The molecule has 1 aliphatic rings. The van der Waals surface area contributed by atoms with E-state index in [4.69, 9.17) is 4.84 Å². The Bertz CT molecular complexity index is 439. The van der Waals surface area contributed by atoms with Gasteiger partial charge in [-0.15, -0.1) is 0 Å². The Labute approximate surface area is 102 Å². The lowest BCUT2D eigenvalue weighted by atomic mass is 9.85. The average Bonchev–Trinajstić information content (AvgIpc) is 2.91. The fourth-order valence-electron chi connectivity index (χ4n) is 2.29. The minimum Gasteiger partial charge on any atom is -0.215 e. The van der Waals surface area contributed by atoms with Crippen molar-refractivity contribution in [1.82, 2.24) is 4.56 Å². The van der Waals surface area contributed by atoms with Gasteiger partial charge in [0.1, 0.15) is 18.0 Å². The van der Waals surface area contributed by atoms with Crippen molar-refractivity contribution < 1.29 is 4.84 Å². The molecule has 2 aromatic carbocycles. The summed E-state index contributed by atoms with van der Waals surface area (Å²) in [7, 11) is 2.21. The zero-order valence-electron chi connectivity index (χ0n) is 9.62. The van der Waals surface area contributed by atoms with Crippen LogP contribution in [-0.4, -0.2) is 14.0 Å². The first-order valence-corrected chi connectivity index (χ1v) is 5.91. The molecule has 1 fully saturated rings. The van der Waals surface area contributed by atoms with Crippen molar-refractivity contribution in [2.45, 2.75) is 6.32 Å². The molecule has 1 radical (unpaired) electrons. The van der Waals surface area contributed by atoms with Gasteiger partial charge < -0.3 is 0 Å². The summed E-state index contributed by atoms with van der Waals surface area (Å²) < 4.78 is 0.404. The number of para-hydroxylation sites is 2. The molecule has 2 aromatic rings. The Morgan fingerprint density at radius 1 is 0.824 bits per heavy atom. The van der Waals surface area contributed by atoms with Crippen LogP contribution in [0.1, 0.15) is 0 Å². The van der Waals surface area contributed by atoms with Crippen LogP contribution in [0.2, 0.25) is 6.32 Å². The number of benzene rings is 2. The van der Waals surface area contributed by atoms with Crippen LogP contribution in [0.5, 0.6) is 0 Å². The van der Waals surface area contributed by atoms with Crippen molar-refractivity contribution in [2.75, 3.05) is 6.61 Å². The summed E-state index contributed by atoms with van der Waals surface area (Å²) in [6, 6.07) is 20.7. The molecule has 3 rings (SSSR count). The standard InChI is InChI=1S/C14H14BNO/c1-3-7-13(8-4-1)16(15-11-12-17-16)14-9-5-2-6-10-14/h1-10H,11-12H2/q+1. The maximum absolute atomic E-state index is 5.99. The number of hydrogen-bond acceptors (Lipinski definition) is 1. The van der Waals surface area contributed by atoms with E-state index in [2.05, 4.69) is 31.7 Å². The molecule has 0 aromatic heterocycles. The maximum Gasteiger partial charge on any atom is 0.495 e. The highest BCUT2D eigenvalue weighted by molar-refractivity contribution is 6.40. The third-order valence-electron chi connectivity index (χ3n) is 3.08. The van der Waals surface area contributed by atoms with Gasteiger partial charge in [-0.25, -0.2) is 4.84 Å². The molecule has 0 saturated carbocycles. The number of rotatable bonds is 2. The van der Waals surface area contributed by atoms with Gasteiger partial charge in [0, 0.05) is 30.6 Å². The fraction of sp³-hybridized carbons (Fsp3) is 0.143. The quantitative estimate of drug-likeness (QED) is 0.709. The normalized spacial score (nSPS) is 17.6. The van der Waals surface area contributed by atoms with Gasteiger partial charge >= 0.3 is 7.41 Å². The van der Waals surface area contributed by atoms with Gasteiger partial charge in [0.05, 0.1) is 0 Å². The second-order valence-corrected chi connectivity index (χ2v) is 4.13. The molecule has 0 aliphatic carbocycles. The summed E-state index contributed by atoms with van der Waals surface area (Å²) in [5.41, 5.74) is 2.30. The molecule has 0 bridgehead atoms. The van der Waals surface area contributed by atoms with Gasteiger partial charge in [0.15, 0.2) is 0 Å². The largest absolute Gasteiger partial charge is 0.495 e. The molecule has 1 aliphatic heterocycles. The van der Waals surface area contributed by atoms with Crippen LogP contribution in [0.25, 0.3) is 0 Å². The summed E-state index contributed by atoms with van der Waals surface area (Å²) in [5, 5.41) is 0. The van der Waals surface area contributed by atoms with Crippen molar-refractivity contribution in [3.8, 4) is 0 Å². The lowest BCUT2D eigenvalue weighted by Gasteiger charge is -2.30. The second kappa shape index (κ2) is 4.36. The molecule has 2 nitrogen and oxygen atoms in total. The topological polar surface area (TPSA) is 9.23 Å². The Morgan fingerprint density at radius 2 is 1.35 bits per heavy atom. The van der Waals surface area contributed by atoms with Gasteiger partial charge in [0.2, 0.25) is 0 Å². The summed E-state index contributed by atoms with van der Waals surface area (Å²) >= 11 is 0. The van der Waals surface area contributed by atoms with Crippen LogP contribution >= 0.6 is 0 Å². The van der Waals surface area contributed by atoms with Crippen LogP contribution in [0.4, 0.5) is 11.4 Å². The van der Waals surface area contributed by atoms with Crippen molar-refractivity contribution in [3.63, 3.8) is 0 Å². The van der Waals surface area contributed by atoms with Crippen LogP contribution in [0, 0.1) is 0 Å². The SMILES string of the molecule is [B]1CCO[N+]1(c1ccccc1)c1ccccc1. The Morgan fingerprint density at radius 3 is 1.76 bits per heavy atom. The minimum absolute atomic E-state index is 0.404. The van der Waals surface area contributed by atoms with Gasteiger partial charge in [-0.1, -0.05) is 36.4 Å². The molecule has 0 spiro atoms. The molecule has 83 valence electrons. The minimum atomic E-state index is 0.404. The smallest absolute Gasteiger partial charge is 0.215 e. The van der Waals surface area contributed by atoms with Gasteiger partial charge in [-0.3, -0.25) is 0 Å². The third kappa shape index (κ3) is 1.77. The van der Waals surface area contributed by atoms with Crippen molar-refractivity contribution in [3.05, 3.63) is 60.7 Å². The van der Waals surface area contributed by atoms with E-state index in [9.17, 15) is 0 Å². The second-order valence-electron chi connectivity index (χ2n) is 4.13. The van der Waals surface area contributed by atoms with E-state index in [1.165, 1.54) is 0 Å². The first-order chi connectivity index (χ1) is 8.42. The molecular weight excluding hydrogens is 209 g/mol. The van der Waals surface area contributed by atoms with Crippen LogP contribution < -0.4 is 4.56 Å². The summed E-state index contributed by atoms with van der Waals surface area (Å²) in [6.07, 6.45) is 0.976. The van der Waals surface area contributed by atoms with Crippen LogP contribution in [0.15, 0.2) is 60.7 Å². The van der Waals surface area contributed by atoms with E-state index in [0.29, 0.717) is 4.56 Å². The molecule has 0 N–H and O–H groups in total. The summed E-state index contributed by atoms with van der Waals surface area (Å²) in [6.45, 7) is 0.768. The molecule has 0 amide bonds. The molecular formula is C14H14BNO+. The van der Waals surface area contributed by atoms with E-state index < -0.39 is 0 Å². The Hall–Kier alpha value is -1.58. The third-order valence-corrected chi connectivity index (χ3v) is 3.08. The first kappa shape index (κ1) is 10.6. The lowest BCUT2D eigenvalue weighted by molar-refractivity contribution is -0.00726. The van der Waals surface area contributed by atoms with Gasteiger partial charge in [-0.05, 0) is 0 Å². The van der Waals surface area contributed by atoms with Crippen molar-refractivity contribution >= 4 is 18.8 Å². The molecule has 0 unspecified atom stereocenters. The van der Waals surface area contributed by atoms with Crippen molar-refractivity contribution in [1.29, 1.82) is 0 Å². The summed E-state index contributed by atoms with van der Waals surface area (Å²) in [5.74, 6) is 0. The van der Waals surface area contributed by atoms with Crippen LogP contribution in [0.3, 0.4) is 0 Å². The molecule has 0 atom stereocenters. The monoisotopic (exact) mass is 223 g/mol. The van der Waals surface area contributed by atoms with E-state index in [1.54, 1.807) is 0 Å². The highest BCUT2D eigenvalue weighted by atomic mass is 16.7. The van der Waals surface area contributed by atoms with Crippen molar-refractivity contribution in [2.24, 2.45) is 0 Å². The predicted molar refractivity (Wildman–Crippen MR) is 70.9 cm³/mol. The van der Waals surface area contributed by atoms with Gasteiger partial charge in [0.25, 0.3) is 0 Å². The van der Waals surface area contributed by atoms with Gasteiger partial charge in [-0.2, -0.15) is 4.56 Å².